The van der Waals surface area contributed by atoms with Crippen LogP contribution in [-0.2, 0) is 4.79 Å². The van der Waals surface area contributed by atoms with Gasteiger partial charge in [-0.25, -0.2) is 9.97 Å². The van der Waals surface area contributed by atoms with Crippen molar-refractivity contribution in [1.82, 2.24) is 29.9 Å². The SMILES string of the molecule is CCOc1ccc(-n2nnc3c(N4CCN(C(=O)COc5cccc(OC)c5)CC4)ncnc32)cc1. The van der Waals surface area contributed by atoms with Crippen LogP contribution in [0.2, 0.25) is 0 Å². The Morgan fingerprint density at radius 3 is 2.47 bits per heavy atom. The summed E-state index contributed by atoms with van der Waals surface area (Å²) in [6.45, 7) is 4.87. The van der Waals surface area contributed by atoms with E-state index >= 15 is 0 Å². The molecule has 11 nitrogen and oxygen atoms in total. The molecule has 3 heterocycles. The molecule has 0 bridgehead atoms. The minimum absolute atomic E-state index is 0.0265. The number of rotatable bonds is 8. The molecule has 0 saturated carbocycles. The van der Waals surface area contributed by atoms with E-state index in [4.69, 9.17) is 14.2 Å². The molecule has 0 unspecified atom stereocenters. The van der Waals surface area contributed by atoms with Gasteiger partial charge in [0.2, 0.25) is 0 Å². The number of amides is 1. The van der Waals surface area contributed by atoms with Crippen LogP contribution in [0.5, 0.6) is 17.2 Å². The molecular weight excluding hydrogens is 462 g/mol. The Morgan fingerprint density at radius 1 is 0.944 bits per heavy atom. The van der Waals surface area contributed by atoms with Crippen molar-refractivity contribution in [3.63, 3.8) is 0 Å². The molecule has 5 rings (SSSR count). The summed E-state index contributed by atoms with van der Waals surface area (Å²) in [6.07, 6.45) is 1.52. The molecule has 1 fully saturated rings. The van der Waals surface area contributed by atoms with Gasteiger partial charge in [0.1, 0.15) is 23.6 Å². The predicted molar refractivity (Wildman–Crippen MR) is 133 cm³/mol. The zero-order valence-electron chi connectivity index (χ0n) is 20.2. The molecular formula is C25H27N7O4. The van der Waals surface area contributed by atoms with Crippen molar-refractivity contribution in [2.24, 2.45) is 0 Å². The number of fused-ring (bicyclic) bond motifs is 1. The predicted octanol–water partition coefficient (Wildman–Crippen LogP) is 2.35. The van der Waals surface area contributed by atoms with Crippen LogP contribution in [0.1, 0.15) is 6.92 Å². The molecule has 1 amide bonds. The number of carbonyl (C=O) groups excluding carboxylic acids is 1. The largest absolute Gasteiger partial charge is 0.497 e. The highest BCUT2D eigenvalue weighted by Gasteiger charge is 2.25. The van der Waals surface area contributed by atoms with Crippen molar-refractivity contribution in [2.45, 2.75) is 6.92 Å². The van der Waals surface area contributed by atoms with Crippen molar-refractivity contribution < 1.29 is 19.0 Å². The van der Waals surface area contributed by atoms with E-state index in [9.17, 15) is 4.79 Å². The molecule has 0 atom stereocenters. The summed E-state index contributed by atoms with van der Waals surface area (Å²) in [5.41, 5.74) is 2.07. The summed E-state index contributed by atoms with van der Waals surface area (Å²) in [4.78, 5) is 25.5. The van der Waals surface area contributed by atoms with Gasteiger partial charge < -0.3 is 24.0 Å². The first-order valence-corrected chi connectivity index (χ1v) is 11.8. The number of anilines is 1. The van der Waals surface area contributed by atoms with E-state index in [2.05, 4.69) is 25.2 Å². The quantitative estimate of drug-likeness (QED) is 0.368. The lowest BCUT2D eigenvalue weighted by molar-refractivity contribution is -0.133. The molecule has 11 heteroatoms. The molecule has 2 aromatic heterocycles. The molecule has 0 spiro atoms. The summed E-state index contributed by atoms with van der Waals surface area (Å²) in [7, 11) is 1.59. The third-order valence-corrected chi connectivity index (χ3v) is 5.95. The number of methoxy groups -OCH3 is 1. The molecule has 1 saturated heterocycles. The normalized spacial score (nSPS) is 13.6. The number of aromatic nitrogens is 5. The zero-order chi connectivity index (χ0) is 24.9. The second-order valence-corrected chi connectivity index (χ2v) is 8.13. The fourth-order valence-corrected chi connectivity index (χ4v) is 4.09. The number of hydrogen-bond acceptors (Lipinski definition) is 9. The van der Waals surface area contributed by atoms with Gasteiger partial charge in [-0.3, -0.25) is 4.79 Å². The number of nitrogens with zero attached hydrogens (tertiary/aromatic N) is 7. The minimum atomic E-state index is -0.0632. The summed E-state index contributed by atoms with van der Waals surface area (Å²) in [6, 6.07) is 14.8. The Morgan fingerprint density at radius 2 is 1.72 bits per heavy atom. The maximum Gasteiger partial charge on any atom is 0.260 e. The van der Waals surface area contributed by atoms with Gasteiger partial charge in [0.05, 0.1) is 19.4 Å². The minimum Gasteiger partial charge on any atom is -0.497 e. The van der Waals surface area contributed by atoms with E-state index in [0.29, 0.717) is 61.3 Å². The molecule has 0 aliphatic carbocycles. The molecule has 186 valence electrons. The van der Waals surface area contributed by atoms with E-state index in [-0.39, 0.29) is 12.5 Å². The van der Waals surface area contributed by atoms with E-state index < -0.39 is 0 Å². The average Bonchev–Trinajstić information content (AvgIpc) is 3.37. The van der Waals surface area contributed by atoms with Gasteiger partial charge in [0, 0.05) is 32.2 Å². The highest BCUT2D eigenvalue weighted by molar-refractivity contribution is 5.84. The Bertz CT molecular complexity index is 1330. The van der Waals surface area contributed by atoms with Crippen LogP contribution in [0, 0.1) is 0 Å². The Labute approximate surface area is 208 Å². The monoisotopic (exact) mass is 489 g/mol. The van der Waals surface area contributed by atoms with Crippen LogP contribution in [-0.4, -0.2) is 82.3 Å². The highest BCUT2D eigenvalue weighted by Crippen LogP contribution is 2.25. The highest BCUT2D eigenvalue weighted by atomic mass is 16.5. The van der Waals surface area contributed by atoms with Crippen LogP contribution >= 0.6 is 0 Å². The van der Waals surface area contributed by atoms with Gasteiger partial charge in [-0.15, -0.1) is 5.10 Å². The van der Waals surface area contributed by atoms with Gasteiger partial charge in [-0.2, -0.15) is 4.68 Å². The lowest BCUT2D eigenvalue weighted by Gasteiger charge is -2.35. The maximum atomic E-state index is 12.7. The van der Waals surface area contributed by atoms with Crippen molar-refractivity contribution in [3.05, 3.63) is 54.9 Å². The first-order chi connectivity index (χ1) is 17.7. The number of hydrogen-bond donors (Lipinski definition) is 0. The third-order valence-electron chi connectivity index (χ3n) is 5.95. The number of ether oxygens (including phenoxy) is 3. The van der Waals surface area contributed by atoms with Crippen molar-refractivity contribution in [2.75, 3.05) is 51.4 Å². The van der Waals surface area contributed by atoms with Crippen LogP contribution in [0.15, 0.2) is 54.9 Å². The molecule has 0 N–H and O–H groups in total. The van der Waals surface area contributed by atoms with Crippen LogP contribution < -0.4 is 19.1 Å². The summed E-state index contributed by atoms with van der Waals surface area (Å²) in [5.74, 6) is 2.72. The van der Waals surface area contributed by atoms with E-state index in [1.54, 1.807) is 28.8 Å². The summed E-state index contributed by atoms with van der Waals surface area (Å²) >= 11 is 0. The van der Waals surface area contributed by atoms with E-state index in [0.717, 1.165) is 11.4 Å². The number of carbonyl (C=O) groups is 1. The lowest BCUT2D eigenvalue weighted by atomic mass is 10.3. The van der Waals surface area contributed by atoms with Crippen LogP contribution in [0.25, 0.3) is 16.9 Å². The zero-order valence-corrected chi connectivity index (χ0v) is 20.2. The maximum absolute atomic E-state index is 12.7. The molecule has 1 aliphatic heterocycles. The third kappa shape index (κ3) is 4.85. The Kier molecular flexibility index (Phi) is 6.78. The molecule has 4 aromatic rings. The van der Waals surface area contributed by atoms with Crippen molar-refractivity contribution in [3.8, 4) is 22.9 Å². The van der Waals surface area contributed by atoms with Gasteiger partial charge in [0.15, 0.2) is 23.6 Å². The molecule has 2 aromatic carbocycles. The average molecular weight is 490 g/mol. The first kappa shape index (κ1) is 23.3. The lowest BCUT2D eigenvalue weighted by Crippen LogP contribution is -2.50. The summed E-state index contributed by atoms with van der Waals surface area (Å²) in [5, 5.41) is 8.68. The van der Waals surface area contributed by atoms with Gasteiger partial charge in [0.25, 0.3) is 5.91 Å². The fraction of sp³-hybridized carbons (Fsp3) is 0.320. The smallest absolute Gasteiger partial charge is 0.260 e. The molecule has 0 radical (unpaired) electrons. The van der Waals surface area contributed by atoms with E-state index in [1.165, 1.54) is 6.33 Å². The number of piperazine rings is 1. The standard InChI is InChI=1S/C25H27N7O4/c1-3-35-19-9-7-18(8-10-19)32-25-23(28-29-32)24(26-17-27-25)31-13-11-30(12-14-31)22(33)16-36-21-6-4-5-20(15-21)34-2/h4-10,15,17H,3,11-14,16H2,1-2H3. The van der Waals surface area contributed by atoms with E-state index in [1.807, 2.05) is 43.3 Å². The Hall–Kier alpha value is -4.41. The second-order valence-electron chi connectivity index (χ2n) is 8.13. The van der Waals surface area contributed by atoms with Gasteiger partial charge in [-0.1, -0.05) is 11.3 Å². The number of benzene rings is 2. The summed E-state index contributed by atoms with van der Waals surface area (Å²) < 4.78 is 18.1. The first-order valence-electron chi connectivity index (χ1n) is 11.8. The topological polar surface area (TPSA) is 108 Å². The molecule has 1 aliphatic rings. The fourth-order valence-electron chi connectivity index (χ4n) is 4.09. The van der Waals surface area contributed by atoms with Gasteiger partial charge >= 0.3 is 0 Å². The van der Waals surface area contributed by atoms with Crippen LogP contribution in [0.4, 0.5) is 5.82 Å². The molecule has 36 heavy (non-hydrogen) atoms. The van der Waals surface area contributed by atoms with Crippen molar-refractivity contribution in [1.29, 1.82) is 0 Å². The van der Waals surface area contributed by atoms with Crippen LogP contribution in [0.3, 0.4) is 0 Å². The Balaban J connectivity index is 1.23. The van der Waals surface area contributed by atoms with Gasteiger partial charge in [-0.05, 0) is 43.3 Å². The second kappa shape index (κ2) is 10.5. The van der Waals surface area contributed by atoms with Crippen molar-refractivity contribution >= 4 is 22.9 Å².